The summed E-state index contributed by atoms with van der Waals surface area (Å²) in [6, 6.07) is 5.52. The van der Waals surface area contributed by atoms with Crippen LogP contribution in [0.25, 0.3) is 0 Å². The van der Waals surface area contributed by atoms with E-state index in [9.17, 15) is 4.39 Å². The van der Waals surface area contributed by atoms with Gasteiger partial charge >= 0.3 is 0 Å². The summed E-state index contributed by atoms with van der Waals surface area (Å²) < 4.78 is 13.6. The summed E-state index contributed by atoms with van der Waals surface area (Å²) >= 11 is 5.90. The van der Waals surface area contributed by atoms with Crippen molar-refractivity contribution in [2.24, 2.45) is 5.92 Å². The van der Waals surface area contributed by atoms with Gasteiger partial charge in [-0.05, 0) is 55.5 Å². The molecule has 1 atom stereocenters. The molecule has 0 aliphatic heterocycles. The molecule has 1 aliphatic carbocycles. The van der Waals surface area contributed by atoms with Gasteiger partial charge in [-0.1, -0.05) is 24.9 Å². The molecule has 2 rings (SSSR count). The van der Waals surface area contributed by atoms with Gasteiger partial charge in [0, 0.05) is 11.1 Å². The summed E-state index contributed by atoms with van der Waals surface area (Å²) in [7, 11) is 0. The maximum Gasteiger partial charge on any atom is 0.126 e. The van der Waals surface area contributed by atoms with Gasteiger partial charge in [0.25, 0.3) is 0 Å². The lowest BCUT2D eigenvalue weighted by Crippen LogP contribution is -2.25. The minimum atomic E-state index is -0.140. The van der Waals surface area contributed by atoms with Crippen LogP contribution in [0.1, 0.15) is 31.7 Å². The van der Waals surface area contributed by atoms with Crippen molar-refractivity contribution in [3.05, 3.63) is 34.6 Å². The average molecular weight is 256 g/mol. The fraction of sp³-hybridized carbons (Fsp3) is 0.571. The number of benzene rings is 1. The predicted molar refractivity (Wildman–Crippen MR) is 69.9 cm³/mol. The molecule has 0 bridgehead atoms. The van der Waals surface area contributed by atoms with E-state index in [1.807, 2.05) is 0 Å². The molecule has 0 spiro atoms. The van der Waals surface area contributed by atoms with E-state index in [1.165, 1.54) is 18.9 Å². The molecule has 1 aromatic carbocycles. The quantitative estimate of drug-likeness (QED) is 0.815. The molecule has 1 N–H and O–H groups in total. The lowest BCUT2D eigenvalue weighted by molar-refractivity contribution is 0.449. The molecule has 0 radical (unpaired) electrons. The van der Waals surface area contributed by atoms with Crippen molar-refractivity contribution >= 4 is 11.6 Å². The Bertz CT molecular complexity index is 376. The molecule has 1 unspecified atom stereocenters. The van der Waals surface area contributed by atoms with E-state index in [0.717, 1.165) is 24.9 Å². The fourth-order valence-corrected chi connectivity index (χ4v) is 2.19. The van der Waals surface area contributed by atoms with Gasteiger partial charge in [0.1, 0.15) is 5.82 Å². The highest BCUT2D eigenvalue weighted by Crippen LogP contribution is 2.22. The molecule has 1 nitrogen and oxygen atoms in total. The average Bonchev–Trinajstić information content (AvgIpc) is 3.12. The third-order valence-electron chi connectivity index (χ3n) is 3.37. The Morgan fingerprint density at radius 2 is 2.24 bits per heavy atom. The van der Waals surface area contributed by atoms with E-state index in [1.54, 1.807) is 12.1 Å². The Labute approximate surface area is 107 Å². The second kappa shape index (κ2) is 5.83. The van der Waals surface area contributed by atoms with Gasteiger partial charge in [0.2, 0.25) is 0 Å². The molecule has 1 aliphatic rings. The maximum absolute atomic E-state index is 13.6. The van der Waals surface area contributed by atoms with Gasteiger partial charge in [0.15, 0.2) is 0 Å². The first-order valence-electron chi connectivity index (χ1n) is 6.36. The van der Waals surface area contributed by atoms with Crippen LogP contribution in [-0.4, -0.2) is 12.6 Å². The highest BCUT2D eigenvalue weighted by Gasteiger charge is 2.21. The molecule has 94 valence electrons. The molecular weight excluding hydrogens is 237 g/mol. The van der Waals surface area contributed by atoms with Crippen LogP contribution in [0.3, 0.4) is 0 Å². The van der Waals surface area contributed by atoms with E-state index >= 15 is 0 Å². The van der Waals surface area contributed by atoms with Crippen LogP contribution < -0.4 is 5.32 Å². The van der Waals surface area contributed by atoms with Crippen molar-refractivity contribution in [3.8, 4) is 0 Å². The van der Waals surface area contributed by atoms with Crippen LogP contribution in [0.15, 0.2) is 18.2 Å². The van der Waals surface area contributed by atoms with Gasteiger partial charge in [0.05, 0.1) is 0 Å². The van der Waals surface area contributed by atoms with Crippen molar-refractivity contribution in [3.63, 3.8) is 0 Å². The largest absolute Gasteiger partial charge is 0.314 e. The smallest absolute Gasteiger partial charge is 0.126 e. The Kier molecular flexibility index (Phi) is 4.41. The van der Waals surface area contributed by atoms with Crippen molar-refractivity contribution in [2.45, 2.75) is 38.6 Å². The summed E-state index contributed by atoms with van der Waals surface area (Å²) in [6.45, 7) is 3.13. The zero-order valence-electron chi connectivity index (χ0n) is 10.2. The first kappa shape index (κ1) is 12.8. The molecule has 0 saturated heterocycles. The van der Waals surface area contributed by atoms with Gasteiger partial charge < -0.3 is 5.32 Å². The number of hydrogen-bond donors (Lipinski definition) is 1. The molecule has 0 amide bonds. The van der Waals surface area contributed by atoms with Crippen LogP contribution in [-0.2, 0) is 6.42 Å². The standard InChI is InChI=1S/C14H19ClFN/c1-2-10(9-17-13-4-5-13)7-11-8-12(15)3-6-14(11)16/h3,6,8,10,13,17H,2,4-5,7,9H2,1H3. The number of nitrogens with one attached hydrogen (secondary N) is 1. The highest BCUT2D eigenvalue weighted by molar-refractivity contribution is 6.30. The van der Waals surface area contributed by atoms with Gasteiger partial charge in [-0.25, -0.2) is 4.39 Å². The predicted octanol–water partition coefficient (Wildman–Crippen LogP) is 3.80. The second-order valence-corrected chi connectivity index (χ2v) is 5.33. The molecule has 3 heteroatoms. The second-order valence-electron chi connectivity index (χ2n) is 4.90. The summed E-state index contributed by atoms with van der Waals surface area (Å²) in [4.78, 5) is 0. The van der Waals surface area contributed by atoms with E-state index in [4.69, 9.17) is 11.6 Å². The summed E-state index contributed by atoms with van der Waals surface area (Å²) in [5, 5.41) is 4.12. The van der Waals surface area contributed by atoms with Crippen molar-refractivity contribution in [1.29, 1.82) is 0 Å². The zero-order chi connectivity index (χ0) is 12.3. The Hall–Kier alpha value is -0.600. The van der Waals surface area contributed by atoms with Crippen LogP contribution >= 0.6 is 11.6 Å². The van der Waals surface area contributed by atoms with Crippen LogP contribution in [0.4, 0.5) is 4.39 Å². The van der Waals surface area contributed by atoms with E-state index < -0.39 is 0 Å². The first-order chi connectivity index (χ1) is 8.19. The molecule has 1 saturated carbocycles. The minimum absolute atomic E-state index is 0.140. The van der Waals surface area contributed by atoms with Crippen molar-refractivity contribution in [2.75, 3.05) is 6.54 Å². The number of rotatable bonds is 6. The van der Waals surface area contributed by atoms with Gasteiger partial charge in [-0.15, -0.1) is 0 Å². The van der Waals surface area contributed by atoms with Crippen molar-refractivity contribution < 1.29 is 4.39 Å². The maximum atomic E-state index is 13.6. The molecule has 1 aromatic rings. The topological polar surface area (TPSA) is 12.0 Å². The highest BCUT2D eigenvalue weighted by atomic mass is 35.5. The molecule has 1 fully saturated rings. The third-order valence-corrected chi connectivity index (χ3v) is 3.60. The van der Waals surface area contributed by atoms with Crippen molar-refractivity contribution in [1.82, 2.24) is 5.32 Å². The molecular formula is C14H19ClFN. The monoisotopic (exact) mass is 255 g/mol. The Balaban J connectivity index is 1.93. The Morgan fingerprint density at radius 1 is 1.47 bits per heavy atom. The lowest BCUT2D eigenvalue weighted by Gasteiger charge is -2.16. The Morgan fingerprint density at radius 3 is 2.88 bits per heavy atom. The minimum Gasteiger partial charge on any atom is -0.314 e. The van der Waals surface area contributed by atoms with E-state index in [2.05, 4.69) is 12.2 Å². The zero-order valence-corrected chi connectivity index (χ0v) is 10.9. The summed E-state index contributed by atoms with van der Waals surface area (Å²) in [6.07, 6.45) is 4.41. The summed E-state index contributed by atoms with van der Waals surface area (Å²) in [5.41, 5.74) is 0.738. The molecule has 0 aromatic heterocycles. The fourth-order valence-electron chi connectivity index (χ4n) is 1.99. The molecule has 17 heavy (non-hydrogen) atoms. The summed E-state index contributed by atoms with van der Waals surface area (Å²) in [5.74, 6) is 0.350. The third kappa shape index (κ3) is 3.97. The lowest BCUT2D eigenvalue weighted by atomic mass is 9.96. The molecule has 0 heterocycles. The van der Waals surface area contributed by atoms with Crippen LogP contribution in [0, 0.1) is 11.7 Å². The SMILES string of the molecule is CCC(CNC1CC1)Cc1cc(Cl)ccc1F. The van der Waals surface area contributed by atoms with Gasteiger partial charge in [-0.3, -0.25) is 0 Å². The normalized spacial score (nSPS) is 17.1. The first-order valence-corrected chi connectivity index (χ1v) is 6.74. The van der Waals surface area contributed by atoms with Gasteiger partial charge in [-0.2, -0.15) is 0 Å². The number of hydrogen-bond acceptors (Lipinski definition) is 1. The van der Waals surface area contributed by atoms with E-state index in [0.29, 0.717) is 17.0 Å². The number of halogens is 2. The van der Waals surface area contributed by atoms with Crippen LogP contribution in [0.5, 0.6) is 0 Å². The van der Waals surface area contributed by atoms with E-state index in [-0.39, 0.29) is 5.82 Å². The van der Waals surface area contributed by atoms with Crippen LogP contribution in [0.2, 0.25) is 5.02 Å².